The third-order valence-electron chi connectivity index (χ3n) is 7.08. The molecule has 1 heterocycles. The second kappa shape index (κ2) is 9.34. The molecule has 1 aliphatic heterocycles. The number of piperazine rings is 1. The first kappa shape index (κ1) is 22.2. The molecule has 5 rings (SSSR count). The first-order chi connectivity index (χ1) is 16.5. The van der Waals surface area contributed by atoms with Crippen molar-refractivity contribution < 1.29 is 4.79 Å². The predicted molar refractivity (Wildman–Crippen MR) is 141 cm³/mol. The minimum atomic E-state index is 0.132. The Balaban J connectivity index is 1.43. The second-order valence-corrected chi connectivity index (χ2v) is 9.56. The molecule has 1 saturated heterocycles. The van der Waals surface area contributed by atoms with Crippen molar-refractivity contribution in [1.82, 2.24) is 4.90 Å². The van der Waals surface area contributed by atoms with Gasteiger partial charge in [-0.3, -0.25) is 4.79 Å². The van der Waals surface area contributed by atoms with E-state index in [1.165, 1.54) is 38.7 Å². The lowest BCUT2D eigenvalue weighted by Crippen LogP contribution is -2.51. The number of anilines is 1. The summed E-state index contributed by atoms with van der Waals surface area (Å²) in [5.41, 5.74) is 7.43. The van der Waals surface area contributed by atoms with Crippen molar-refractivity contribution in [3.05, 3.63) is 113 Å². The monoisotopic (exact) mass is 448 g/mol. The van der Waals surface area contributed by atoms with Gasteiger partial charge in [-0.25, -0.2) is 0 Å². The molecule has 0 spiro atoms. The van der Waals surface area contributed by atoms with Crippen molar-refractivity contribution in [2.24, 2.45) is 0 Å². The highest BCUT2D eigenvalue weighted by Gasteiger charge is 2.31. The zero-order valence-electron chi connectivity index (χ0n) is 20.3. The number of hydrogen-bond donors (Lipinski definition) is 0. The molecule has 1 amide bonds. The number of amides is 1. The molecule has 1 atom stereocenters. The summed E-state index contributed by atoms with van der Waals surface area (Å²) in [6.45, 7) is 8.69. The van der Waals surface area contributed by atoms with Gasteiger partial charge in [-0.2, -0.15) is 0 Å². The van der Waals surface area contributed by atoms with Gasteiger partial charge in [0.15, 0.2) is 0 Å². The number of aryl methyl sites for hydroxylation is 3. The van der Waals surface area contributed by atoms with Gasteiger partial charge in [0.25, 0.3) is 0 Å². The molecule has 4 aromatic rings. The molecular formula is C31H32N2O. The summed E-state index contributed by atoms with van der Waals surface area (Å²) in [6.07, 6.45) is 0.436. The summed E-state index contributed by atoms with van der Waals surface area (Å²) in [4.78, 5) is 18.1. The molecule has 0 saturated carbocycles. The van der Waals surface area contributed by atoms with Crippen LogP contribution in [0.2, 0.25) is 0 Å². The molecule has 3 heteroatoms. The quantitative estimate of drug-likeness (QED) is 0.361. The lowest BCUT2D eigenvalue weighted by Gasteiger charge is -2.44. The molecular weight excluding hydrogens is 416 g/mol. The molecule has 34 heavy (non-hydrogen) atoms. The maximum absolute atomic E-state index is 13.5. The summed E-state index contributed by atoms with van der Waals surface area (Å²) in [5, 5.41) is 2.35. The van der Waals surface area contributed by atoms with Crippen LogP contribution in [-0.2, 0) is 11.2 Å². The van der Waals surface area contributed by atoms with Crippen LogP contribution in [0, 0.1) is 20.8 Å². The lowest BCUT2D eigenvalue weighted by atomic mass is 9.97. The standard InChI is InChI=1S/C31H32N2O/c1-22-11-14-26(15-12-22)30-21-32(17-18-33(30)29-16-13-23(2)19-24(29)3)31(34)20-27-9-6-8-25-7-4-5-10-28(25)27/h4-16,19,30H,17-18,20-21H2,1-3H3. The Kier molecular flexibility index (Phi) is 6.10. The van der Waals surface area contributed by atoms with Crippen molar-refractivity contribution in [3.8, 4) is 0 Å². The lowest BCUT2D eigenvalue weighted by molar-refractivity contribution is -0.131. The van der Waals surface area contributed by atoms with E-state index in [1.54, 1.807) is 0 Å². The largest absolute Gasteiger partial charge is 0.361 e. The number of rotatable bonds is 4. The van der Waals surface area contributed by atoms with Crippen molar-refractivity contribution in [2.75, 3.05) is 24.5 Å². The Morgan fingerprint density at radius 2 is 1.56 bits per heavy atom. The Labute approximate surface area is 202 Å². The van der Waals surface area contributed by atoms with E-state index in [0.717, 1.165) is 18.7 Å². The molecule has 1 fully saturated rings. The summed E-state index contributed by atoms with van der Waals surface area (Å²) < 4.78 is 0. The van der Waals surface area contributed by atoms with Gasteiger partial charge >= 0.3 is 0 Å². The van der Waals surface area contributed by atoms with Crippen LogP contribution in [0.4, 0.5) is 5.69 Å². The number of nitrogens with zero attached hydrogens (tertiary/aromatic N) is 2. The predicted octanol–water partition coefficient (Wildman–Crippen LogP) is 6.40. The Morgan fingerprint density at radius 1 is 0.824 bits per heavy atom. The van der Waals surface area contributed by atoms with Gasteiger partial charge in [-0.05, 0) is 54.3 Å². The fourth-order valence-corrected chi connectivity index (χ4v) is 5.22. The molecule has 0 radical (unpaired) electrons. The Hall–Kier alpha value is -3.59. The molecule has 1 aliphatic rings. The van der Waals surface area contributed by atoms with Crippen LogP contribution in [0.25, 0.3) is 10.8 Å². The highest BCUT2D eigenvalue weighted by atomic mass is 16.2. The number of carbonyl (C=O) groups is 1. The molecule has 4 aromatic carbocycles. The fraction of sp³-hybridized carbons (Fsp3) is 0.258. The zero-order chi connectivity index (χ0) is 23.7. The Morgan fingerprint density at radius 3 is 2.35 bits per heavy atom. The molecule has 0 bridgehead atoms. The van der Waals surface area contributed by atoms with Crippen molar-refractivity contribution in [3.63, 3.8) is 0 Å². The minimum absolute atomic E-state index is 0.132. The summed E-state index contributed by atoms with van der Waals surface area (Å²) in [7, 11) is 0. The van der Waals surface area contributed by atoms with Gasteiger partial charge in [0.2, 0.25) is 5.91 Å². The number of benzene rings is 4. The van der Waals surface area contributed by atoms with Crippen molar-refractivity contribution in [1.29, 1.82) is 0 Å². The van der Waals surface area contributed by atoms with Crippen LogP contribution in [0.3, 0.4) is 0 Å². The van der Waals surface area contributed by atoms with Gasteiger partial charge in [0.05, 0.1) is 12.5 Å². The average Bonchev–Trinajstić information content (AvgIpc) is 2.85. The molecule has 172 valence electrons. The van der Waals surface area contributed by atoms with Crippen molar-refractivity contribution in [2.45, 2.75) is 33.2 Å². The summed E-state index contributed by atoms with van der Waals surface area (Å²) in [6, 6.07) is 30.2. The van der Waals surface area contributed by atoms with Crippen LogP contribution in [0.5, 0.6) is 0 Å². The van der Waals surface area contributed by atoms with E-state index in [9.17, 15) is 4.79 Å². The van der Waals surface area contributed by atoms with Crippen LogP contribution in [0.15, 0.2) is 84.9 Å². The van der Waals surface area contributed by atoms with Crippen LogP contribution < -0.4 is 4.90 Å². The highest BCUT2D eigenvalue weighted by molar-refractivity contribution is 5.90. The van der Waals surface area contributed by atoms with Crippen molar-refractivity contribution >= 4 is 22.4 Å². The summed E-state index contributed by atoms with van der Waals surface area (Å²) in [5.74, 6) is 0.203. The van der Waals surface area contributed by atoms with Gasteiger partial charge < -0.3 is 9.80 Å². The number of carbonyl (C=O) groups excluding carboxylic acids is 1. The zero-order valence-corrected chi connectivity index (χ0v) is 20.3. The third-order valence-corrected chi connectivity index (χ3v) is 7.08. The molecule has 0 aromatic heterocycles. The average molecular weight is 449 g/mol. The van der Waals surface area contributed by atoms with E-state index in [4.69, 9.17) is 0 Å². The smallest absolute Gasteiger partial charge is 0.227 e. The van der Waals surface area contributed by atoms with Crippen LogP contribution in [0.1, 0.15) is 33.9 Å². The van der Waals surface area contributed by atoms with Gasteiger partial charge in [-0.1, -0.05) is 90.0 Å². The van der Waals surface area contributed by atoms with Crippen LogP contribution >= 0.6 is 0 Å². The SMILES string of the molecule is Cc1ccc(C2CN(C(=O)Cc3cccc4ccccc34)CCN2c2ccc(C)cc2C)cc1. The normalized spacial score (nSPS) is 16.1. The molecule has 0 aliphatic carbocycles. The second-order valence-electron chi connectivity index (χ2n) is 9.56. The van der Waals surface area contributed by atoms with Gasteiger partial charge in [0.1, 0.15) is 0 Å². The van der Waals surface area contributed by atoms with Gasteiger partial charge in [-0.15, -0.1) is 0 Å². The first-order valence-electron chi connectivity index (χ1n) is 12.1. The Bertz CT molecular complexity index is 1320. The third kappa shape index (κ3) is 4.43. The van der Waals surface area contributed by atoms with E-state index in [-0.39, 0.29) is 11.9 Å². The molecule has 0 N–H and O–H groups in total. The number of fused-ring (bicyclic) bond motifs is 1. The highest BCUT2D eigenvalue weighted by Crippen LogP contribution is 2.34. The van der Waals surface area contributed by atoms with Crippen LogP contribution in [-0.4, -0.2) is 30.4 Å². The fourth-order valence-electron chi connectivity index (χ4n) is 5.22. The van der Waals surface area contributed by atoms with E-state index < -0.39 is 0 Å². The first-order valence-corrected chi connectivity index (χ1v) is 12.1. The topological polar surface area (TPSA) is 23.6 Å². The maximum atomic E-state index is 13.5. The summed E-state index contributed by atoms with van der Waals surface area (Å²) >= 11 is 0. The van der Waals surface area contributed by atoms with E-state index in [1.807, 2.05) is 12.1 Å². The number of hydrogen-bond acceptors (Lipinski definition) is 2. The molecule has 3 nitrogen and oxygen atoms in total. The minimum Gasteiger partial charge on any atom is -0.361 e. The van der Waals surface area contributed by atoms with E-state index in [2.05, 4.69) is 103 Å². The van der Waals surface area contributed by atoms with E-state index >= 15 is 0 Å². The van der Waals surface area contributed by atoms with E-state index in [0.29, 0.717) is 13.0 Å². The molecule has 1 unspecified atom stereocenters. The van der Waals surface area contributed by atoms with Gasteiger partial charge in [0, 0.05) is 25.3 Å². The maximum Gasteiger partial charge on any atom is 0.227 e.